The minimum absolute atomic E-state index is 0. The van der Waals surface area contributed by atoms with Crippen molar-refractivity contribution >= 4 is 0 Å². The standard InChI is InChI=1S/C10H15.CH3.2ClH.Hf/c1-7-6-10(4,5)9(3)8(7)2;;;;/h1-5H3;1H3;2*1H;/q;;;;+2/p-2. The topological polar surface area (TPSA) is 0 Å². The Labute approximate surface area is 112 Å². The maximum absolute atomic E-state index is 2.45. The van der Waals surface area contributed by atoms with Gasteiger partial charge in [-0.2, -0.15) is 0 Å². The molecule has 1 aliphatic carbocycles. The first-order valence-corrected chi connectivity index (χ1v) is 9.89. The van der Waals surface area contributed by atoms with Crippen LogP contribution >= 0.6 is 0 Å². The summed E-state index contributed by atoms with van der Waals surface area (Å²) >= 11 is -0.457. The van der Waals surface area contributed by atoms with Crippen LogP contribution in [0, 0.1) is 5.41 Å². The molecule has 1 rings (SSSR count). The Hall–Kier alpha value is 0.930. The largest absolute Gasteiger partial charge is 1.00 e. The van der Waals surface area contributed by atoms with Gasteiger partial charge in [-0.05, 0) is 0 Å². The van der Waals surface area contributed by atoms with Crippen LogP contribution in [0.4, 0.5) is 0 Å². The fourth-order valence-electron chi connectivity index (χ4n) is 2.09. The zero-order valence-corrected chi connectivity index (χ0v) is 14.9. The van der Waals surface area contributed by atoms with Gasteiger partial charge in [0.2, 0.25) is 0 Å². The van der Waals surface area contributed by atoms with Crippen molar-refractivity contribution in [2.75, 3.05) is 0 Å². The molecule has 0 aromatic carbocycles. The van der Waals surface area contributed by atoms with Crippen molar-refractivity contribution in [3.8, 4) is 0 Å². The molecule has 0 amide bonds. The minimum Gasteiger partial charge on any atom is -1.00 e. The molecule has 0 spiro atoms. The van der Waals surface area contributed by atoms with Gasteiger partial charge in [0, 0.05) is 0 Å². The summed E-state index contributed by atoms with van der Waals surface area (Å²) in [6, 6.07) is 0. The van der Waals surface area contributed by atoms with Crippen LogP contribution in [0.15, 0.2) is 20.0 Å². The van der Waals surface area contributed by atoms with Gasteiger partial charge in [-0.3, -0.25) is 0 Å². The maximum atomic E-state index is 2.45. The van der Waals surface area contributed by atoms with Gasteiger partial charge in [-0.25, -0.2) is 0 Å². The van der Waals surface area contributed by atoms with E-state index in [0.717, 1.165) is 0 Å². The van der Waals surface area contributed by atoms with Crippen LogP contribution < -0.4 is 24.8 Å². The Balaban J connectivity index is 0. The molecule has 0 saturated heterocycles. The molecule has 0 nitrogen and oxygen atoms in total. The Morgan fingerprint density at radius 2 is 1.36 bits per heavy atom. The van der Waals surface area contributed by atoms with Crippen LogP contribution in [0.1, 0.15) is 34.6 Å². The third-order valence-electron chi connectivity index (χ3n) is 3.31. The molecule has 0 fully saturated rings. The zero-order chi connectivity index (χ0) is 9.52. The second kappa shape index (κ2) is 5.86. The summed E-state index contributed by atoms with van der Waals surface area (Å²) in [6.07, 6.45) is 0. The minimum atomic E-state index is -0.457. The number of halogens is 2. The van der Waals surface area contributed by atoms with E-state index in [1.807, 2.05) is 3.33 Å². The number of hydrogen-bond acceptors (Lipinski definition) is 0. The molecule has 14 heavy (non-hydrogen) atoms. The van der Waals surface area contributed by atoms with Gasteiger partial charge in [-0.1, -0.05) is 0 Å². The van der Waals surface area contributed by atoms with Gasteiger partial charge >= 0.3 is 87.7 Å². The Morgan fingerprint density at radius 1 is 0.929 bits per heavy atom. The molecule has 0 N–H and O–H groups in total. The molecule has 0 aromatic heterocycles. The van der Waals surface area contributed by atoms with Crippen LogP contribution in [0.25, 0.3) is 0 Å². The summed E-state index contributed by atoms with van der Waals surface area (Å²) in [4.78, 5) is 0. The Morgan fingerprint density at radius 3 is 1.50 bits per heavy atom. The van der Waals surface area contributed by atoms with E-state index < -0.39 is 22.9 Å². The summed E-state index contributed by atoms with van der Waals surface area (Å²) in [5.74, 6) is 0. The summed E-state index contributed by atoms with van der Waals surface area (Å²) in [7, 11) is 0. The van der Waals surface area contributed by atoms with Crippen molar-refractivity contribution in [1.29, 1.82) is 0 Å². The van der Waals surface area contributed by atoms with E-state index in [0.29, 0.717) is 5.41 Å². The van der Waals surface area contributed by atoms with Crippen molar-refractivity contribution in [3.63, 3.8) is 0 Å². The molecule has 0 aromatic rings. The van der Waals surface area contributed by atoms with E-state index in [4.69, 9.17) is 0 Å². The number of allylic oxidation sites excluding steroid dienone is 4. The fraction of sp³-hybridized carbons (Fsp3) is 0.636. The maximum Gasteiger partial charge on any atom is -1.00 e. The molecule has 0 radical (unpaired) electrons. The second-order valence-corrected chi connectivity index (χ2v) is 7.72. The summed E-state index contributed by atoms with van der Waals surface area (Å²) in [5.41, 5.74) is 5.18. The van der Waals surface area contributed by atoms with Gasteiger partial charge < -0.3 is 24.8 Å². The molecule has 0 aliphatic heterocycles. The van der Waals surface area contributed by atoms with Crippen molar-refractivity contribution < 1.29 is 47.7 Å². The third kappa shape index (κ3) is 2.54. The van der Waals surface area contributed by atoms with E-state index >= 15 is 0 Å². The smallest absolute Gasteiger partial charge is 1.00 e. The van der Waals surface area contributed by atoms with Crippen LogP contribution in [0.5, 0.6) is 0 Å². The number of hydrogen-bond donors (Lipinski definition) is 0. The molecule has 0 saturated carbocycles. The van der Waals surface area contributed by atoms with E-state index in [9.17, 15) is 0 Å². The molecule has 0 bridgehead atoms. The Kier molecular flexibility index (Phi) is 7.26. The van der Waals surface area contributed by atoms with Crippen molar-refractivity contribution in [2.24, 2.45) is 5.41 Å². The zero-order valence-electron chi connectivity index (χ0n) is 9.76. The fourth-order valence-corrected chi connectivity index (χ4v) is 7.03. The molecule has 0 unspecified atom stereocenters. The van der Waals surface area contributed by atoms with Crippen molar-refractivity contribution in [1.82, 2.24) is 0 Å². The first kappa shape index (κ1) is 17.3. The van der Waals surface area contributed by atoms with Crippen LogP contribution in [-0.4, -0.2) is 0 Å². The summed E-state index contributed by atoms with van der Waals surface area (Å²) in [6.45, 7) is 11.6. The number of rotatable bonds is 1. The predicted molar refractivity (Wildman–Crippen MR) is 50.7 cm³/mol. The Bertz CT molecular complexity index is 275. The monoisotopic (exact) mass is 400 g/mol. The average Bonchev–Trinajstić information content (AvgIpc) is 2.13. The summed E-state index contributed by atoms with van der Waals surface area (Å²) < 4.78 is 4.27. The second-order valence-electron chi connectivity index (χ2n) is 4.12. The summed E-state index contributed by atoms with van der Waals surface area (Å²) in [5, 5.41) is 0. The first-order valence-electron chi connectivity index (χ1n) is 4.50. The van der Waals surface area contributed by atoms with Gasteiger partial charge in [-0.15, -0.1) is 0 Å². The van der Waals surface area contributed by atoms with Gasteiger partial charge in [0.15, 0.2) is 0 Å². The normalized spacial score (nSPS) is 18.7. The molecule has 3 heteroatoms. The van der Waals surface area contributed by atoms with E-state index in [1.165, 1.54) is 0 Å². The third-order valence-corrected chi connectivity index (χ3v) is 8.70. The molecular weight excluding hydrogens is 382 g/mol. The van der Waals surface area contributed by atoms with Gasteiger partial charge in [0.25, 0.3) is 0 Å². The van der Waals surface area contributed by atoms with Crippen molar-refractivity contribution in [3.05, 3.63) is 20.0 Å². The first-order chi connectivity index (χ1) is 5.42. The molecule has 0 atom stereocenters. The van der Waals surface area contributed by atoms with Crippen LogP contribution in [0.2, 0.25) is 4.68 Å². The molecule has 0 heterocycles. The molecule has 1 aliphatic rings. The molecular formula is C11H18Cl2Hf. The predicted octanol–water partition coefficient (Wildman–Crippen LogP) is -2.22. The van der Waals surface area contributed by atoms with Gasteiger partial charge in [0.1, 0.15) is 0 Å². The van der Waals surface area contributed by atoms with E-state index in [-0.39, 0.29) is 24.8 Å². The SMILES string of the molecule is [CH3][Hf+2][C]1=C(C)C(C)=C(C)C1(C)C.[Cl-].[Cl-]. The van der Waals surface area contributed by atoms with Gasteiger partial charge in [0.05, 0.1) is 0 Å². The molecule has 80 valence electrons. The van der Waals surface area contributed by atoms with E-state index in [1.54, 1.807) is 16.7 Å². The van der Waals surface area contributed by atoms with E-state index in [2.05, 4.69) is 39.3 Å². The quantitative estimate of drug-likeness (QED) is 0.438. The van der Waals surface area contributed by atoms with Crippen molar-refractivity contribution in [2.45, 2.75) is 39.3 Å². The average molecular weight is 400 g/mol. The van der Waals surface area contributed by atoms with Crippen LogP contribution in [-0.2, 0) is 22.9 Å². The van der Waals surface area contributed by atoms with Crippen LogP contribution in [0.3, 0.4) is 0 Å².